The molecule has 1 heterocycles. The van der Waals surface area contributed by atoms with E-state index in [0.717, 1.165) is 6.42 Å². The van der Waals surface area contributed by atoms with Crippen LogP contribution in [0.3, 0.4) is 0 Å². The van der Waals surface area contributed by atoms with Crippen LogP contribution >= 0.6 is 0 Å². The minimum Gasteiger partial charge on any atom is -0.496 e. The third-order valence-electron chi connectivity index (χ3n) is 3.49. The number of methoxy groups -OCH3 is 1. The Morgan fingerprint density at radius 1 is 1.33 bits per heavy atom. The largest absolute Gasteiger partial charge is 0.496 e. The molecule has 0 radical (unpaired) electrons. The van der Waals surface area contributed by atoms with E-state index in [0.29, 0.717) is 35.3 Å². The molecule has 1 atom stereocenters. The van der Waals surface area contributed by atoms with E-state index < -0.39 is 5.60 Å². The second-order valence-corrected chi connectivity index (χ2v) is 4.90. The van der Waals surface area contributed by atoms with Gasteiger partial charge >= 0.3 is 0 Å². The van der Waals surface area contributed by atoms with Gasteiger partial charge in [-0.2, -0.15) is 4.98 Å². The van der Waals surface area contributed by atoms with Crippen LogP contribution < -0.4 is 10.5 Å². The Bertz CT molecular complexity index is 612. The van der Waals surface area contributed by atoms with Crippen molar-refractivity contribution in [2.24, 2.45) is 0 Å². The third kappa shape index (κ3) is 3.00. The zero-order valence-electron chi connectivity index (χ0n) is 12.8. The highest BCUT2D eigenvalue weighted by Crippen LogP contribution is 2.33. The number of ether oxygens (including phenoxy) is 2. The lowest BCUT2D eigenvalue weighted by Gasteiger charge is -2.23. The summed E-state index contributed by atoms with van der Waals surface area (Å²) >= 11 is 0. The molecule has 0 aliphatic rings. The fourth-order valence-electron chi connectivity index (χ4n) is 2.08. The van der Waals surface area contributed by atoms with E-state index in [2.05, 4.69) is 10.1 Å². The van der Waals surface area contributed by atoms with Gasteiger partial charge in [0.25, 0.3) is 5.89 Å². The van der Waals surface area contributed by atoms with Gasteiger partial charge in [-0.3, -0.25) is 0 Å². The average Bonchev–Trinajstić information content (AvgIpc) is 2.97. The van der Waals surface area contributed by atoms with Crippen LogP contribution in [0.2, 0.25) is 0 Å². The summed E-state index contributed by atoms with van der Waals surface area (Å²) in [6, 6.07) is 5.29. The number of aromatic nitrogens is 2. The summed E-state index contributed by atoms with van der Waals surface area (Å²) in [7, 11) is 1.58. The highest BCUT2D eigenvalue weighted by atomic mass is 16.5. The number of nitrogen functional groups attached to an aromatic ring is 1. The number of benzene rings is 1. The van der Waals surface area contributed by atoms with Crippen LogP contribution in [0.25, 0.3) is 11.5 Å². The number of hydrogen-bond donors (Lipinski definition) is 1. The van der Waals surface area contributed by atoms with Crippen molar-refractivity contribution in [3.8, 4) is 17.2 Å². The molecule has 0 saturated carbocycles. The molecule has 0 spiro atoms. The van der Waals surface area contributed by atoms with Gasteiger partial charge in [0.1, 0.15) is 11.4 Å². The van der Waals surface area contributed by atoms with Gasteiger partial charge in [-0.25, -0.2) is 0 Å². The van der Waals surface area contributed by atoms with E-state index in [-0.39, 0.29) is 0 Å². The van der Waals surface area contributed by atoms with Crippen LogP contribution in [-0.2, 0) is 10.3 Å². The second-order valence-electron chi connectivity index (χ2n) is 4.90. The van der Waals surface area contributed by atoms with E-state index in [1.807, 2.05) is 20.8 Å². The number of nitrogens with zero attached hydrogens (tertiary/aromatic N) is 2. The zero-order valence-corrected chi connectivity index (χ0v) is 12.8. The van der Waals surface area contributed by atoms with Gasteiger partial charge in [0.2, 0.25) is 5.82 Å². The van der Waals surface area contributed by atoms with Gasteiger partial charge in [0.15, 0.2) is 0 Å². The van der Waals surface area contributed by atoms with Gasteiger partial charge in [-0.15, -0.1) is 0 Å². The lowest BCUT2D eigenvalue weighted by atomic mass is 10.0. The summed E-state index contributed by atoms with van der Waals surface area (Å²) in [5.74, 6) is 1.52. The molecule has 1 unspecified atom stereocenters. The van der Waals surface area contributed by atoms with Crippen molar-refractivity contribution in [2.75, 3.05) is 19.5 Å². The first kappa shape index (κ1) is 15.3. The fourth-order valence-corrected chi connectivity index (χ4v) is 2.08. The smallest absolute Gasteiger partial charge is 0.261 e. The molecule has 1 aromatic heterocycles. The molecule has 114 valence electrons. The van der Waals surface area contributed by atoms with Gasteiger partial charge in [-0.05, 0) is 32.4 Å². The Balaban J connectivity index is 2.40. The standard InChI is InChI=1S/C15H21N3O3/c1-5-15(3,20-6-2)14-17-13(21-18-14)11-8-7-10(16)9-12(11)19-4/h7-9H,5-6,16H2,1-4H3. The highest BCUT2D eigenvalue weighted by Gasteiger charge is 2.31. The van der Waals surface area contributed by atoms with E-state index in [9.17, 15) is 0 Å². The minimum atomic E-state index is -0.558. The monoisotopic (exact) mass is 291 g/mol. The number of nitrogens with two attached hydrogens (primary N) is 1. The molecular weight excluding hydrogens is 270 g/mol. The fraction of sp³-hybridized carbons (Fsp3) is 0.467. The van der Waals surface area contributed by atoms with Crippen molar-refractivity contribution in [3.63, 3.8) is 0 Å². The molecule has 1 aromatic carbocycles. The predicted octanol–water partition coefficient (Wildman–Crippen LogP) is 2.99. The average molecular weight is 291 g/mol. The molecule has 0 amide bonds. The van der Waals surface area contributed by atoms with E-state index in [4.69, 9.17) is 19.7 Å². The van der Waals surface area contributed by atoms with Crippen molar-refractivity contribution in [1.82, 2.24) is 10.1 Å². The molecule has 21 heavy (non-hydrogen) atoms. The maximum absolute atomic E-state index is 5.75. The molecule has 0 saturated heterocycles. The third-order valence-corrected chi connectivity index (χ3v) is 3.49. The second kappa shape index (κ2) is 6.13. The Labute approximate surface area is 124 Å². The lowest BCUT2D eigenvalue weighted by molar-refractivity contribution is -0.0403. The quantitative estimate of drug-likeness (QED) is 0.824. The van der Waals surface area contributed by atoms with Crippen molar-refractivity contribution < 1.29 is 14.0 Å². The molecule has 0 bridgehead atoms. The summed E-state index contributed by atoms with van der Waals surface area (Å²) in [4.78, 5) is 4.46. The Hall–Kier alpha value is -2.08. The van der Waals surface area contributed by atoms with Gasteiger partial charge < -0.3 is 19.7 Å². The minimum absolute atomic E-state index is 0.390. The number of rotatable bonds is 6. The predicted molar refractivity (Wildman–Crippen MR) is 80.0 cm³/mol. The SMILES string of the molecule is CCOC(C)(CC)c1noc(-c2ccc(N)cc2OC)n1. The molecule has 6 heteroatoms. The van der Waals surface area contributed by atoms with Crippen LogP contribution in [0.15, 0.2) is 22.7 Å². The lowest BCUT2D eigenvalue weighted by Crippen LogP contribution is -2.26. The Morgan fingerprint density at radius 3 is 2.71 bits per heavy atom. The van der Waals surface area contributed by atoms with Crippen molar-refractivity contribution >= 4 is 5.69 Å². The molecule has 0 fully saturated rings. The summed E-state index contributed by atoms with van der Waals surface area (Å²) in [6.07, 6.45) is 0.749. The van der Waals surface area contributed by atoms with Gasteiger partial charge in [0, 0.05) is 18.4 Å². The zero-order chi connectivity index (χ0) is 15.5. The topological polar surface area (TPSA) is 83.4 Å². The van der Waals surface area contributed by atoms with Crippen LogP contribution in [-0.4, -0.2) is 23.9 Å². The van der Waals surface area contributed by atoms with Gasteiger partial charge in [0.05, 0.1) is 12.7 Å². The molecule has 2 rings (SSSR count). The first-order chi connectivity index (χ1) is 10.0. The summed E-state index contributed by atoms with van der Waals surface area (Å²) in [6.45, 7) is 6.50. The molecule has 2 aromatic rings. The van der Waals surface area contributed by atoms with Crippen LogP contribution in [0, 0.1) is 0 Å². The number of hydrogen-bond acceptors (Lipinski definition) is 6. The van der Waals surface area contributed by atoms with E-state index >= 15 is 0 Å². The first-order valence-electron chi connectivity index (χ1n) is 6.96. The Kier molecular flexibility index (Phi) is 4.47. The van der Waals surface area contributed by atoms with Gasteiger partial charge in [-0.1, -0.05) is 12.1 Å². The maximum atomic E-state index is 5.75. The summed E-state index contributed by atoms with van der Waals surface area (Å²) < 4.78 is 16.4. The summed E-state index contributed by atoms with van der Waals surface area (Å²) in [5, 5.41) is 4.05. The molecule has 2 N–H and O–H groups in total. The Morgan fingerprint density at radius 2 is 2.10 bits per heavy atom. The molecule has 6 nitrogen and oxygen atoms in total. The normalized spacial score (nSPS) is 13.9. The number of anilines is 1. The first-order valence-corrected chi connectivity index (χ1v) is 6.96. The molecule has 0 aliphatic heterocycles. The van der Waals surface area contributed by atoms with Crippen LogP contribution in [0.1, 0.15) is 33.0 Å². The molecule has 0 aliphatic carbocycles. The van der Waals surface area contributed by atoms with Crippen molar-refractivity contribution in [2.45, 2.75) is 32.8 Å². The van der Waals surface area contributed by atoms with E-state index in [1.165, 1.54) is 0 Å². The van der Waals surface area contributed by atoms with Crippen LogP contribution in [0.5, 0.6) is 5.75 Å². The van der Waals surface area contributed by atoms with Crippen LogP contribution in [0.4, 0.5) is 5.69 Å². The highest BCUT2D eigenvalue weighted by molar-refractivity contribution is 5.66. The van der Waals surface area contributed by atoms with E-state index in [1.54, 1.807) is 25.3 Å². The molecular formula is C15H21N3O3. The van der Waals surface area contributed by atoms with Crippen molar-refractivity contribution in [3.05, 3.63) is 24.0 Å². The van der Waals surface area contributed by atoms with Crippen molar-refractivity contribution in [1.29, 1.82) is 0 Å². The maximum Gasteiger partial charge on any atom is 0.261 e. The summed E-state index contributed by atoms with van der Waals surface area (Å²) in [5.41, 5.74) is 6.51.